The number of benzene rings is 1. The third-order valence-electron chi connectivity index (χ3n) is 3.99. The Kier molecular flexibility index (Phi) is 4.45. The average molecular weight is 332 g/mol. The molecule has 7 nitrogen and oxygen atoms in total. The van der Waals surface area contributed by atoms with Crippen molar-refractivity contribution in [3.8, 4) is 0 Å². The van der Waals surface area contributed by atoms with E-state index in [2.05, 4.69) is 9.97 Å². The maximum Gasteiger partial charge on any atom is 0.327 e. The number of aromatic amines is 2. The van der Waals surface area contributed by atoms with Gasteiger partial charge in [0, 0.05) is 32.2 Å². The van der Waals surface area contributed by atoms with E-state index in [4.69, 9.17) is 0 Å². The summed E-state index contributed by atoms with van der Waals surface area (Å²) in [5, 5.41) is 0. The second-order valence-corrected chi connectivity index (χ2v) is 5.64. The molecule has 1 fully saturated rings. The molecule has 0 bridgehead atoms. The molecular formula is C16H17FN4O3. The summed E-state index contributed by atoms with van der Waals surface area (Å²) in [6.07, 6.45) is 0.224. The lowest BCUT2D eigenvalue weighted by Crippen LogP contribution is -2.50. The number of nitrogens with zero attached hydrogens (tertiary/aromatic N) is 2. The zero-order valence-electron chi connectivity index (χ0n) is 12.9. The molecule has 0 saturated carbocycles. The minimum Gasteiger partial charge on any atom is -0.354 e. The van der Waals surface area contributed by atoms with E-state index in [9.17, 15) is 18.8 Å². The molecule has 1 aliphatic heterocycles. The van der Waals surface area contributed by atoms with Crippen molar-refractivity contribution in [3.63, 3.8) is 0 Å². The lowest BCUT2D eigenvalue weighted by atomic mass is 10.1. The van der Waals surface area contributed by atoms with E-state index in [0.717, 1.165) is 5.56 Å². The Morgan fingerprint density at radius 1 is 1.04 bits per heavy atom. The van der Waals surface area contributed by atoms with Crippen LogP contribution >= 0.6 is 0 Å². The van der Waals surface area contributed by atoms with Crippen LogP contribution in [-0.4, -0.2) is 47.0 Å². The summed E-state index contributed by atoms with van der Waals surface area (Å²) < 4.78 is 12.9. The number of carbonyl (C=O) groups is 1. The van der Waals surface area contributed by atoms with Crippen molar-refractivity contribution in [2.45, 2.75) is 6.42 Å². The molecule has 24 heavy (non-hydrogen) atoms. The summed E-state index contributed by atoms with van der Waals surface area (Å²) in [5.74, 6) is 0.0988. The van der Waals surface area contributed by atoms with Crippen molar-refractivity contribution < 1.29 is 9.18 Å². The number of H-pyrrole nitrogens is 2. The quantitative estimate of drug-likeness (QED) is 0.834. The highest BCUT2D eigenvalue weighted by molar-refractivity contribution is 5.79. The Morgan fingerprint density at radius 3 is 2.33 bits per heavy atom. The number of nitrogens with one attached hydrogen (secondary N) is 2. The molecule has 2 heterocycles. The second kappa shape index (κ2) is 6.69. The third-order valence-corrected chi connectivity index (χ3v) is 3.99. The molecule has 1 aliphatic rings. The first-order chi connectivity index (χ1) is 11.5. The zero-order chi connectivity index (χ0) is 17.1. The Hall–Kier alpha value is -2.90. The largest absolute Gasteiger partial charge is 0.354 e. The Labute approximate surface area is 136 Å². The van der Waals surface area contributed by atoms with Crippen LogP contribution in [0.2, 0.25) is 0 Å². The Morgan fingerprint density at radius 2 is 1.71 bits per heavy atom. The van der Waals surface area contributed by atoms with Crippen molar-refractivity contribution >= 4 is 11.7 Å². The van der Waals surface area contributed by atoms with Gasteiger partial charge in [-0.2, -0.15) is 0 Å². The topological polar surface area (TPSA) is 89.3 Å². The number of amides is 1. The molecule has 1 amide bonds. The fraction of sp³-hybridized carbons (Fsp3) is 0.312. The normalized spacial score (nSPS) is 14.7. The lowest BCUT2D eigenvalue weighted by Gasteiger charge is -2.35. The maximum atomic E-state index is 12.9. The summed E-state index contributed by atoms with van der Waals surface area (Å²) in [7, 11) is 0. The van der Waals surface area contributed by atoms with Crippen LogP contribution in [0.15, 0.2) is 39.9 Å². The molecule has 1 saturated heterocycles. The molecule has 0 spiro atoms. The van der Waals surface area contributed by atoms with Crippen LogP contribution in [0.25, 0.3) is 0 Å². The summed E-state index contributed by atoms with van der Waals surface area (Å²) in [5.41, 5.74) is -0.237. The van der Waals surface area contributed by atoms with Crippen LogP contribution in [-0.2, 0) is 11.2 Å². The van der Waals surface area contributed by atoms with E-state index in [-0.39, 0.29) is 18.1 Å². The van der Waals surface area contributed by atoms with Gasteiger partial charge in [0.1, 0.15) is 11.6 Å². The minimum absolute atomic E-state index is 0.0272. The first-order valence-electron chi connectivity index (χ1n) is 7.62. The highest BCUT2D eigenvalue weighted by atomic mass is 19.1. The Balaban J connectivity index is 1.60. The molecule has 0 radical (unpaired) electrons. The van der Waals surface area contributed by atoms with E-state index in [1.165, 1.54) is 18.2 Å². The highest BCUT2D eigenvalue weighted by Crippen LogP contribution is 2.12. The number of carbonyl (C=O) groups excluding carboxylic acids is 1. The molecular weight excluding hydrogens is 315 g/mol. The molecule has 1 aromatic carbocycles. The second-order valence-electron chi connectivity index (χ2n) is 5.64. The Bertz CT molecular complexity index is 807. The minimum atomic E-state index is -0.549. The summed E-state index contributed by atoms with van der Waals surface area (Å²) in [6, 6.07) is 7.21. The van der Waals surface area contributed by atoms with Gasteiger partial charge in [0.2, 0.25) is 5.91 Å². The summed E-state index contributed by atoms with van der Waals surface area (Å²) >= 11 is 0. The number of halogens is 1. The highest BCUT2D eigenvalue weighted by Gasteiger charge is 2.22. The zero-order valence-corrected chi connectivity index (χ0v) is 12.9. The predicted molar refractivity (Wildman–Crippen MR) is 86.6 cm³/mol. The summed E-state index contributed by atoms with van der Waals surface area (Å²) in [6.45, 7) is 2.03. The van der Waals surface area contributed by atoms with Crippen LogP contribution in [0.3, 0.4) is 0 Å². The fourth-order valence-electron chi connectivity index (χ4n) is 2.71. The summed E-state index contributed by atoms with van der Waals surface area (Å²) in [4.78, 5) is 43.3. The van der Waals surface area contributed by atoms with Gasteiger partial charge in [-0.05, 0) is 17.7 Å². The van der Waals surface area contributed by atoms with Crippen molar-refractivity contribution in [2.24, 2.45) is 0 Å². The van der Waals surface area contributed by atoms with Crippen LogP contribution in [0, 0.1) is 5.82 Å². The standard InChI is InChI=1S/C16H17FN4O3/c17-12-3-1-11(2-4-12)9-15(23)21-7-5-20(6-8-21)13-10-14(22)19-16(24)18-13/h1-4,10H,5-9H2,(H2,18,19,22,24). The molecule has 3 rings (SSSR count). The molecule has 8 heteroatoms. The first-order valence-corrected chi connectivity index (χ1v) is 7.62. The number of piperazine rings is 1. The van der Waals surface area contributed by atoms with E-state index < -0.39 is 11.2 Å². The van der Waals surface area contributed by atoms with E-state index in [1.807, 2.05) is 4.90 Å². The number of anilines is 1. The lowest BCUT2D eigenvalue weighted by molar-refractivity contribution is -0.130. The average Bonchev–Trinajstić information content (AvgIpc) is 2.56. The van der Waals surface area contributed by atoms with Gasteiger partial charge in [0.15, 0.2) is 0 Å². The third kappa shape index (κ3) is 3.70. The van der Waals surface area contributed by atoms with Crippen molar-refractivity contribution in [1.82, 2.24) is 14.9 Å². The number of aromatic nitrogens is 2. The first kappa shape index (κ1) is 16.0. The van der Waals surface area contributed by atoms with Crippen LogP contribution in [0.4, 0.5) is 10.2 Å². The molecule has 2 N–H and O–H groups in total. The monoisotopic (exact) mass is 332 g/mol. The van der Waals surface area contributed by atoms with Gasteiger partial charge >= 0.3 is 5.69 Å². The van der Waals surface area contributed by atoms with Gasteiger partial charge in [-0.15, -0.1) is 0 Å². The fourth-order valence-corrected chi connectivity index (χ4v) is 2.71. The van der Waals surface area contributed by atoms with Gasteiger partial charge in [-0.25, -0.2) is 9.18 Å². The molecule has 1 aromatic heterocycles. The maximum absolute atomic E-state index is 12.9. The number of hydrogen-bond donors (Lipinski definition) is 2. The van der Waals surface area contributed by atoms with E-state index >= 15 is 0 Å². The molecule has 126 valence electrons. The SMILES string of the molecule is O=C(Cc1ccc(F)cc1)N1CCN(c2cc(=O)[nH]c(=O)[nH]2)CC1. The van der Waals surface area contributed by atoms with Gasteiger partial charge in [-0.3, -0.25) is 19.6 Å². The molecule has 0 atom stereocenters. The van der Waals surface area contributed by atoms with Gasteiger partial charge in [0.05, 0.1) is 6.42 Å². The van der Waals surface area contributed by atoms with E-state index in [1.54, 1.807) is 17.0 Å². The van der Waals surface area contributed by atoms with Gasteiger partial charge in [-0.1, -0.05) is 12.1 Å². The van der Waals surface area contributed by atoms with E-state index in [0.29, 0.717) is 32.0 Å². The number of hydrogen-bond acceptors (Lipinski definition) is 4. The van der Waals surface area contributed by atoms with Crippen molar-refractivity contribution in [1.29, 1.82) is 0 Å². The van der Waals surface area contributed by atoms with Gasteiger partial charge < -0.3 is 9.80 Å². The van der Waals surface area contributed by atoms with Crippen molar-refractivity contribution in [2.75, 3.05) is 31.1 Å². The number of rotatable bonds is 3. The van der Waals surface area contributed by atoms with Crippen LogP contribution in [0.1, 0.15) is 5.56 Å². The molecule has 2 aromatic rings. The van der Waals surface area contributed by atoms with Crippen LogP contribution < -0.4 is 16.1 Å². The molecule has 0 aliphatic carbocycles. The van der Waals surface area contributed by atoms with Gasteiger partial charge in [0.25, 0.3) is 5.56 Å². The van der Waals surface area contributed by atoms with Crippen molar-refractivity contribution in [3.05, 3.63) is 62.6 Å². The molecule has 0 unspecified atom stereocenters. The predicted octanol–water partition coefficient (Wildman–Crippen LogP) is 0.0936. The van der Waals surface area contributed by atoms with Crippen LogP contribution in [0.5, 0.6) is 0 Å². The smallest absolute Gasteiger partial charge is 0.327 e.